The van der Waals surface area contributed by atoms with Crippen molar-refractivity contribution in [1.29, 1.82) is 0 Å². The van der Waals surface area contributed by atoms with Gasteiger partial charge in [-0.2, -0.15) is 0 Å². The Balaban J connectivity index is 2.31. The molecule has 0 aromatic heterocycles. The molecule has 0 aliphatic carbocycles. The third-order valence-electron chi connectivity index (χ3n) is 3.76. The number of imide groups is 1. The number of carbonyl (C=O) groups is 2. The van der Waals surface area contributed by atoms with E-state index in [-0.39, 0.29) is 11.8 Å². The van der Waals surface area contributed by atoms with Gasteiger partial charge in [0.05, 0.1) is 16.8 Å². The van der Waals surface area contributed by atoms with Crippen LogP contribution in [0.15, 0.2) is 36.1 Å². The Bertz CT molecular complexity index is 825. The van der Waals surface area contributed by atoms with Crippen LogP contribution in [0.2, 0.25) is 0 Å². The van der Waals surface area contributed by atoms with E-state index in [2.05, 4.69) is 63.7 Å². The van der Waals surface area contributed by atoms with E-state index in [1.165, 1.54) is 4.90 Å². The highest BCUT2D eigenvalue weighted by Gasteiger charge is 2.42. The van der Waals surface area contributed by atoms with E-state index in [9.17, 15) is 9.59 Å². The first kappa shape index (κ1) is 17.3. The van der Waals surface area contributed by atoms with Gasteiger partial charge in [0.25, 0.3) is 11.8 Å². The van der Waals surface area contributed by atoms with Gasteiger partial charge in [-0.3, -0.25) is 9.59 Å². The van der Waals surface area contributed by atoms with E-state index < -0.39 is 0 Å². The predicted octanol–water partition coefficient (Wildman–Crippen LogP) is 6.15. The number of anilines is 1. The van der Waals surface area contributed by atoms with E-state index in [1.54, 1.807) is 0 Å². The van der Waals surface area contributed by atoms with Crippen molar-refractivity contribution in [2.75, 3.05) is 4.90 Å². The number of nitrogens with zero attached hydrogens (tertiary/aromatic N) is 1. The van der Waals surface area contributed by atoms with Crippen molar-refractivity contribution in [3.63, 3.8) is 0 Å². The molecule has 0 spiro atoms. The van der Waals surface area contributed by atoms with Gasteiger partial charge in [0, 0.05) is 17.9 Å². The van der Waals surface area contributed by atoms with Crippen molar-refractivity contribution in [2.24, 2.45) is 0 Å². The Hall–Kier alpha value is -0.500. The van der Waals surface area contributed by atoms with Crippen LogP contribution in [0.4, 0.5) is 5.69 Å². The molecule has 2 amide bonds. The van der Waals surface area contributed by atoms with Crippen LogP contribution in [0.1, 0.15) is 31.8 Å². The summed E-state index contributed by atoms with van der Waals surface area (Å²) in [7, 11) is 0. The Morgan fingerprint density at radius 1 is 0.739 bits per heavy atom. The Labute approximate surface area is 166 Å². The fraction of sp³-hybridized carbons (Fsp3) is 0.125. The molecule has 0 N–H and O–H groups in total. The minimum atomic E-state index is -0.330. The second-order valence-electron chi connectivity index (χ2n) is 5.19. The highest BCUT2D eigenvalue weighted by atomic mass is 79.9. The molecule has 3 nitrogen and oxygen atoms in total. The molecule has 1 aliphatic heterocycles. The molecule has 1 aliphatic rings. The average Bonchev–Trinajstić information content (AvgIpc) is 2.75. The number of hydrogen-bond acceptors (Lipinski definition) is 2. The minimum Gasteiger partial charge on any atom is -0.268 e. The van der Waals surface area contributed by atoms with Crippen LogP contribution in [-0.2, 0) is 0 Å². The van der Waals surface area contributed by atoms with Crippen molar-refractivity contribution in [2.45, 2.75) is 13.8 Å². The topological polar surface area (TPSA) is 37.4 Å². The van der Waals surface area contributed by atoms with Crippen molar-refractivity contribution >= 4 is 81.2 Å². The number of aryl methyl sites for hydroxylation is 2. The normalized spacial score (nSPS) is 13.7. The molecule has 0 radical (unpaired) electrons. The fourth-order valence-electron chi connectivity index (χ4n) is 2.71. The zero-order chi connectivity index (χ0) is 17.0. The van der Waals surface area contributed by atoms with Gasteiger partial charge < -0.3 is 0 Å². The molecule has 0 atom stereocenters. The number of fused-ring (bicyclic) bond motifs is 1. The predicted molar refractivity (Wildman–Crippen MR) is 104 cm³/mol. The zero-order valence-electron chi connectivity index (χ0n) is 12.0. The lowest BCUT2D eigenvalue weighted by atomic mass is 10.1. The van der Waals surface area contributed by atoms with Crippen LogP contribution in [-0.4, -0.2) is 11.8 Å². The lowest BCUT2D eigenvalue weighted by Crippen LogP contribution is -2.30. The molecule has 2 aromatic rings. The standard InChI is InChI=1S/C16H9Br4NO2/c1-6-4-3-5-7(2)14(6)21-15(22)8-9(16(21)23)11(18)13(20)12(19)10(8)17/h3-5H,1-2H3. The summed E-state index contributed by atoms with van der Waals surface area (Å²) in [5.41, 5.74) is 3.12. The summed E-state index contributed by atoms with van der Waals surface area (Å²) in [6.07, 6.45) is 0. The van der Waals surface area contributed by atoms with Crippen LogP contribution in [0.5, 0.6) is 0 Å². The first-order valence-electron chi connectivity index (χ1n) is 6.58. The Morgan fingerprint density at radius 3 is 1.52 bits per heavy atom. The number of amides is 2. The summed E-state index contributed by atoms with van der Waals surface area (Å²) in [6.45, 7) is 3.78. The van der Waals surface area contributed by atoms with Gasteiger partial charge >= 0.3 is 0 Å². The van der Waals surface area contributed by atoms with Crippen LogP contribution in [0, 0.1) is 13.8 Å². The molecule has 1 heterocycles. The summed E-state index contributed by atoms with van der Waals surface area (Å²) < 4.78 is 2.50. The van der Waals surface area contributed by atoms with Gasteiger partial charge in [-0.15, -0.1) is 0 Å². The highest BCUT2D eigenvalue weighted by Crippen LogP contribution is 2.46. The minimum absolute atomic E-state index is 0.330. The smallest absolute Gasteiger partial charge is 0.267 e. The molecule has 0 saturated carbocycles. The number of para-hydroxylation sites is 1. The zero-order valence-corrected chi connectivity index (χ0v) is 18.4. The van der Waals surface area contributed by atoms with Gasteiger partial charge in [0.15, 0.2) is 0 Å². The highest BCUT2D eigenvalue weighted by molar-refractivity contribution is 9.15. The third-order valence-corrected chi connectivity index (χ3v) is 8.53. The third kappa shape index (κ3) is 2.47. The molecule has 2 aromatic carbocycles. The molecule has 7 heteroatoms. The molecule has 0 unspecified atom stereocenters. The first-order valence-corrected chi connectivity index (χ1v) is 9.75. The van der Waals surface area contributed by atoms with Crippen molar-refractivity contribution < 1.29 is 9.59 Å². The summed E-state index contributed by atoms with van der Waals surface area (Å²) in [6, 6.07) is 5.69. The van der Waals surface area contributed by atoms with Gasteiger partial charge in [0.1, 0.15) is 0 Å². The first-order chi connectivity index (χ1) is 10.8. The molecule has 0 saturated heterocycles. The molecular weight excluding hydrogens is 558 g/mol. The summed E-state index contributed by atoms with van der Waals surface area (Å²) >= 11 is 13.7. The number of carbonyl (C=O) groups excluding carboxylic acids is 2. The largest absolute Gasteiger partial charge is 0.268 e. The maximum absolute atomic E-state index is 13.0. The second-order valence-corrected chi connectivity index (χ2v) is 8.36. The molecule has 0 fully saturated rings. The molecular formula is C16H9Br4NO2. The Morgan fingerprint density at radius 2 is 1.13 bits per heavy atom. The van der Waals surface area contributed by atoms with Crippen LogP contribution >= 0.6 is 63.7 Å². The summed E-state index contributed by atoms with van der Waals surface area (Å²) in [4.78, 5) is 27.2. The van der Waals surface area contributed by atoms with E-state index in [0.29, 0.717) is 34.7 Å². The van der Waals surface area contributed by atoms with Crippen molar-refractivity contribution in [3.05, 3.63) is 58.3 Å². The van der Waals surface area contributed by atoms with Gasteiger partial charge in [-0.25, -0.2) is 4.90 Å². The molecule has 0 bridgehead atoms. The van der Waals surface area contributed by atoms with Crippen LogP contribution in [0.3, 0.4) is 0 Å². The molecule has 118 valence electrons. The number of benzene rings is 2. The van der Waals surface area contributed by atoms with Gasteiger partial charge in [-0.05, 0) is 88.7 Å². The number of rotatable bonds is 1. The van der Waals surface area contributed by atoms with Crippen LogP contribution < -0.4 is 4.90 Å². The Kier molecular flexibility index (Phi) is 4.59. The van der Waals surface area contributed by atoms with E-state index in [0.717, 1.165) is 11.1 Å². The van der Waals surface area contributed by atoms with Crippen molar-refractivity contribution in [1.82, 2.24) is 0 Å². The fourth-order valence-corrected chi connectivity index (χ4v) is 5.17. The van der Waals surface area contributed by atoms with Gasteiger partial charge in [-0.1, -0.05) is 18.2 Å². The van der Waals surface area contributed by atoms with E-state index in [4.69, 9.17) is 0 Å². The maximum atomic E-state index is 13.0. The lowest BCUT2D eigenvalue weighted by molar-refractivity contribution is 0.0925. The molecule has 3 rings (SSSR count). The van der Waals surface area contributed by atoms with E-state index >= 15 is 0 Å². The summed E-state index contributed by atoms with van der Waals surface area (Å²) in [5, 5.41) is 0. The van der Waals surface area contributed by atoms with Crippen LogP contribution in [0.25, 0.3) is 0 Å². The molecule has 23 heavy (non-hydrogen) atoms. The summed E-state index contributed by atoms with van der Waals surface area (Å²) in [5.74, 6) is -0.661. The quantitative estimate of drug-likeness (QED) is 0.236. The van der Waals surface area contributed by atoms with Crippen molar-refractivity contribution in [3.8, 4) is 0 Å². The average molecular weight is 567 g/mol. The monoisotopic (exact) mass is 563 g/mol. The SMILES string of the molecule is Cc1cccc(C)c1N1C(=O)c2c(Br)c(Br)c(Br)c(Br)c2C1=O. The maximum Gasteiger partial charge on any atom is 0.267 e. The lowest BCUT2D eigenvalue weighted by Gasteiger charge is -2.19. The number of hydrogen-bond donors (Lipinski definition) is 0. The van der Waals surface area contributed by atoms with Gasteiger partial charge in [0.2, 0.25) is 0 Å². The number of halogens is 4. The second kappa shape index (κ2) is 6.10. The van der Waals surface area contributed by atoms with E-state index in [1.807, 2.05) is 32.0 Å².